The standard InChI is InChI=1S/C13H11ClN6O3/c1-6-11(20(22)23)10(18-17-6)12(21)16-13-15-8-5-7(14)3-4-9(8)19(13)2/h3-5H,1-2H3,(H,17,18)(H,15,16,21). The number of imidazole rings is 1. The zero-order valence-electron chi connectivity index (χ0n) is 12.1. The number of aromatic amines is 1. The largest absolute Gasteiger partial charge is 0.322 e. The van der Waals surface area contributed by atoms with E-state index >= 15 is 0 Å². The average Bonchev–Trinajstić information content (AvgIpc) is 3.00. The number of amides is 1. The Morgan fingerprint density at radius 1 is 1.48 bits per heavy atom. The maximum Gasteiger partial charge on any atom is 0.322 e. The molecule has 3 rings (SSSR count). The first kappa shape index (κ1) is 15.0. The zero-order chi connectivity index (χ0) is 16.7. The van der Waals surface area contributed by atoms with Gasteiger partial charge in [-0.3, -0.25) is 25.3 Å². The maximum absolute atomic E-state index is 12.3. The Morgan fingerprint density at radius 3 is 2.91 bits per heavy atom. The molecule has 0 radical (unpaired) electrons. The second kappa shape index (κ2) is 5.36. The van der Waals surface area contributed by atoms with E-state index in [1.807, 2.05) is 0 Å². The molecule has 0 unspecified atom stereocenters. The van der Waals surface area contributed by atoms with Gasteiger partial charge in [0.15, 0.2) is 0 Å². The number of rotatable bonds is 3. The van der Waals surface area contributed by atoms with Gasteiger partial charge in [-0.25, -0.2) is 4.98 Å². The number of carbonyl (C=O) groups is 1. The van der Waals surface area contributed by atoms with Crippen LogP contribution in [-0.2, 0) is 7.05 Å². The minimum atomic E-state index is -0.717. The second-order valence-corrected chi connectivity index (χ2v) is 5.32. The maximum atomic E-state index is 12.3. The number of benzene rings is 1. The van der Waals surface area contributed by atoms with Crippen LogP contribution < -0.4 is 5.32 Å². The van der Waals surface area contributed by atoms with Crippen LogP contribution in [0.4, 0.5) is 11.6 Å². The lowest BCUT2D eigenvalue weighted by Gasteiger charge is -2.03. The van der Waals surface area contributed by atoms with Crippen molar-refractivity contribution in [3.05, 3.63) is 44.7 Å². The Kier molecular flexibility index (Phi) is 3.49. The molecule has 118 valence electrons. The molecule has 0 bridgehead atoms. The highest BCUT2D eigenvalue weighted by Gasteiger charge is 2.28. The molecule has 0 saturated heterocycles. The summed E-state index contributed by atoms with van der Waals surface area (Å²) in [5.74, 6) is -0.479. The molecular weight excluding hydrogens is 324 g/mol. The lowest BCUT2D eigenvalue weighted by molar-refractivity contribution is -0.385. The van der Waals surface area contributed by atoms with Gasteiger partial charge >= 0.3 is 5.69 Å². The molecule has 1 aromatic carbocycles. The summed E-state index contributed by atoms with van der Waals surface area (Å²) in [4.78, 5) is 26.9. The van der Waals surface area contributed by atoms with E-state index in [0.29, 0.717) is 10.5 Å². The van der Waals surface area contributed by atoms with Gasteiger partial charge < -0.3 is 4.57 Å². The van der Waals surface area contributed by atoms with Crippen LogP contribution in [0.15, 0.2) is 18.2 Å². The van der Waals surface area contributed by atoms with Crippen molar-refractivity contribution in [2.45, 2.75) is 6.92 Å². The van der Waals surface area contributed by atoms with Gasteiger partial charge in [-0.1, -0.05) is 11.6 Å². The number of anilines is 1. The van der Waals surface area contributed by atoms with E-state index in [2.05, 4.69) is 20.5 Å². The number of hydrogen-bond donors (Lipinski definition) is 2. The molecule has 3 aromatic rings. The summed E-state index contributed by atoms with van der Waals surface area (Å²) in [5, 5.41) is 20.2. The monoisotopic (exact) mass is 334 g/mol. The van der Waals surface area contributed by atoms with Crippen LogP contribution in [0.1, 0.15) is 16.2 Å². The third-order valence-electron chi connectivity index (χ3n) is 3.38. The first-order chi connectivity index (χ1) is 10.9. The molecule has 2 aromatic heterocycles. The highest BCUT2D eigenvalue weighted by atomic mass is 35.5. The van der Waals surface area contributed by atoms with Gasteiger partial charge in [0, 0.05) is 12.1 Å². The Morgan fingerprint density at radius 2 is 2.22 bits per heavy atom. The van der Waals surface area contributed by atoms with E-state index in [-0.39, 0.29) is 23.0 Å². The van der Waals surface area contributed by atoms with Crippen LogP contribution in [0.5, 0.6) is 0 Å². The molecule has 2 N–H and O–H groups in total. The molecule has 10 heteroatoms. The molecule has 0 aliphatic heterocycles. The number of H-pyrrole nitrogens is 1. The highest BCUT2D eigenvalue weighted by Crippen LogP contribution is 2.24. The van der Waals surface area contributed by atoms with E-state index in [9.17, 15) is 14.9 Å². The third kappa shape index (κ3) is 2.50. The number of fused-ring (bicyclic) bond motifs is 1. The van der Waals surface area contributed by atoms with Gasteiger partial charge in [-0.05, 0) is 25.1 Å². The predicted molar refractivity (Wildman–Crippen MR) is 83.7 cm³/mol. The normalized spacial score (nSPS) is 10.9. The predicted octanol–water partition coefficient (Wildman–Crippen LogP) is 2.42. The van der Waals surface area contributed by atoms with Crippen LogP contribution in [-0.4, -0.2) is 30.6 Å². The zero-order valence-corrected chi connectivity index (χ0v) is 12.9. The van der Waals surface area contributed by atoms with Crippen molar-refractivity contribution in [1.82, 2.24) is 19.7 Å². The first-order valence-corrected chi connectivity index (χ1v) is 6.89. The molecule has 2 heterocycles. The van der Waals surface area contributed by atoms with Crippen molar-refractivity contribution in [3.63, 3.8) is 0 Å². The fourth-order valence-electron chi connectivity index (χ4n) is 2.25. The summed E-state index contributed by atoms with van der Waals surface area (Å²) < 4.78 is 1.65. The molecule has 0 aliphatic carbocycles. The molecule has 0 saturated carbocycles. The SMILES string of the molecule is Cc1[nH]nc(C(=O)Nc2nc3cc(Cl)ccc3n2C)c1[N+](=O)[O-]. The fourth-order valence-corrected chi connectivity index (χ4v) is 2.42. The van der Waals surface area contributed by atoms with Gasteiger partial charge in [-0.15, -0.1) is 0 Å². The lowest BCUT2D eigenvalue weighted by Crippen LogP contribution is -2.16. The molecule has 9 nitrogen and oxygen atoms in total. The number of aromatic nitrogens is 4. The van der Waals surface area contributed by atoms with Crippen molar-refractivity contribution in [1.29, 1.82) is 0 Å². The minimum Gasteiger partial charge on any atom is -0.313 e. The van der Waals surface area contributed by atoms with Crippen LogP contribution >= 0.6 is 11.6 Å². The summed E-state index contributed by atoms with van der Waals surface area (Å²) in [6, 6.07) is 5.13. The highest BCUT2D eigenvalue weighted by molar-refractivity contribution is 6.31. The quantitative estimate of drug-likeness (QED) is 0.563. The minimum absolute atomic E-state index is 0.205. The molecule has 0 atom stereocenters. The molecule has 0 spiro atoms. The topological polar surface area (TPSA) is 119 Å². The summed E-state index contributed by atoms with van der Waals surface area (Å²) >= 11 is 5.91. The number of aryl methyl sites for hydroxylation is 2. The summed E-state index contributed by atoms with van der Waals surface area (Å²) in [5.41, 5.74) is 0.916. The lowest BCUT2D eigenvalue weighted by atomic mass is 10.3. The van der Waals surface area contributed by atoms with Crippen molar-refractivity contribution < 1.29 is 9.72 Å². The van der Waals surface area contributed by atoms with E-state index in [1.165, 1.54) is 6.92 Å². The Labute approximate surface area is 134 Å². The number of carbonyl (C=O) groups excluding carboxylic acids is 1. The summed E-state index contributed by atoms with van der Waals surface area (Å²) in [6.45, 7) is 1.47. The van der Waals surface area contributed by atoms with Crippen molar-refractivity contribution in [2.75, 3.05) is 5.32 Å². The van der Waals surface area contributed by atoms with Crippen molar-refractivity contribution in [3.8, 4) is 0 Å². The van der Waals surface area contributed by atoms with Crippen LogP contribution in [0.25, 0.3) is 11.0 Å². The Bertz CT molecular complexity index is 945. The van der Waals surface area contributed by atoms with Crippen LogP contribution in [0.2, 0.25) is 5.02 Å². The molecular formula is C13H11ClN6O3. The number of halogens is 1. The first-order valence-electron chi connectivity index (χ1n) is 6.51. The van der Waals surface area contributed by atoms with Gasteiger partial charge in [0.1, 0.15) is 5.69 Å². The van der Waals surface area contributed by atoms with Gasteiger partial charge in [0.25, 0.3) is 5.91 Å². The van der Waals surface area contributed by atoms with Crippen LogP contribution in [0, 0.1) is 17.0 Å². The molecule has 0 aliphatic rings. The number of nitrogens with zero attached hydrogens (tertiary/aromatic N) is 4. The number of nitrogens with one attached hydrogen (secondary N) is 2. The molecule has 23 heavy (non-hydrogen) atoms. The van der Waals surface area contributed by atoms with Crippen molar-refractivity contribution >= 4 is 40.2 Å². The van der Waals surface area contributed by atoms with Crippen molar-refractivity contribution in [2.24, 2.45) is 7.05 Å². The van der Waals surface area contributed by atoms with E-state index in [1.54, 1.807) is 29.8 Å². The smallest absolute Gasteiger partial charge is 0.313 e. The molecule has 1 amide bonds. The number of hydrogen-bond acceptors (Lipinski definition) is 5. The van der Waals surface area contributed by atoms with Gasteiger partial charge in [0.2, 0.25) is 11.6 Å². The average molecular weight is 335 g/mol. The summed E-state index contributed by atoms with van der Waals surface area (Å²) in [7, 11) is 1.71. The van der Waals surface area contributed by atoms with Gasteiger partial charge in [-0.2, -0.15) is 5.10 Å². The van der Waals surface area contributed by atoms with E-state index < -0.39 is 10.8 Å². The van der Waals surface area contributed by atoms with E-state index in [0.717, 1.165) is 5.52 Å². The third-order valence-corrected chi connectivity index (χ3v) is 3.62. The Hall–Kier alpha value is -2.94. The molecule has 0 fully saturated rings. The Balaban J connectivity index is 1.98. The van der Waals surface area contributed by atoms with E-state index in [4.69, 9.17) is 11.6 Å². The van der Waals surface area contributed by atoms with Gasteiger partial charge in [0.05, 0.1) is 16.0 Å². The number of nitro groups is 1. The van der Waals surface area contributed by atoms with Crippen LogP contribution in [0.3, 0.4) is 0 Å². The second-order valence-electron chi connectivity index (χ2n) is 4.88. The summed E-state index contributed by atoms with van der Waals surface area (Å²) in [6.07, 6.45) is 0. The fraction of sp³-hybridized carbons (Fsp3) is 0.154.